The standard InChI is InChI=1S/C26H32N2O2/c1-19(2)25-7-5-4-6-22(25)17-24(29)18-27-26(30)16-21-12-14-28(15-13-21)23-10-8-20(3)9-11-23/h4-12,19H,13-18H2,1-3H3,(H,27,30). The van der Waals surface area contributed by atoms with Crippen LogP contribution in [0.3, 0.4) is 0 Å². The molecule has 1 aliphatic heterocycles. The first-order chi connectivity index (χ1) is 14.4. The van der Waals surface area contributed by atoms with Gasteiger partial charge >= 0.3 is 0 Å². The average molecular weight is 405 g/mol. The zero-order chi connectivity index (χ0) is 21.5. The van der Waals surface area contributed by atoms with E-state index in [9.17, 15) is 9.59 Å². The molecule has 0 saturated carbocycles. The van der Waals surface area contributed by atoms with Gasteiger partial charge in [-0.1, -0.05) is 67.5 Å². The molecule has 0 aromatic heterocycles. The van der Waals surface area contributed by atoms with E-state index in [-0.39, 0.29) is 18.2 Å². The Bertz CT molecular complexity index is 913. The third kappa shape index (κ3) is 6.06. The molecule has 2 aromatic rings. The molecule has 1 N–H and O–H groups in total. The molecule has 4 nitrogen and oxygen atoms in total. The van der Waals surface area contributed by atoms with Crippen molar-refractivity contribution < 1.29 is 9.59 Å². The molecule has 1 heterocycles. The first-order valence-electron chi connectivity index (χ1n) is 10.8. The Labute approximate surface area is 180 Å². The highest BCUT2D eigenvalue weighted by molar-refractivity contribution is 5.88. The summed E-state index contributed by atoms with van der Waals surface area (Å²) in [7, 11) is 0. The van der Waals surface area contributed by atoms with E-state index in [1.807, 2.05) is 18.2 Å². The van der Waals surface area contributed by atoms with Crippen molar-refractivity contribution in [3.8, 4) is 0 Å². The molecular formula is C26H32N2O2. The van der Waals surface area contributed by atoms with E-state index in [2.05, 4.69) is 67.4 Å². The highest BCUT2D eigenvalue weighted by atomic mass is 16.2. The summed E-state index contributed by atoms with van der Waals surface area (Å²) in [5.41, 5.74) is 5.87. The van der Waals surface area contributed by atoms with Gasteiger partial charge in [0.05, 0.1) is 6.54 Å². The van der Waals surface area contributed by atoms with Crippen molar-refractivity contribution in [2.75, 3.05) is 24.5 Å². The van der Waals surface area contributed by atoms with Gasteiger partial charge in [0, 0.05) is 31.6 Å². The Morgan fingerprint density at radius 2 is 1.77 bits per heavy atom. The largest absolute Gasteiger partial charge is 0.367 e. The summed E-state index contributed by atoms with van der Waals surface area (Å²) in [5, 5.41) is 2.80. The number of carbonyl (C=O) groups is 2. The number of Topliss-reactive ketones (excluding diaryl/α,β-unsaturated/α-hetero) is 1. The molecule has 1 amide bonds. The second-order valence-corrected chi connectivity index (χ2v) is 8.42. The number of ketones is 1. The molecule has 0 unspecified atom stereocenters. The van der Waals surface area contributed by atoms with E-state index < -0.39 is 0 Å². The van der Waals surface area contributed by atoms with E-state index in [1.165, 1.54) is 16.8 Å². The molecule has 4 heteroatoms. The average Bonchev–Trinajstić information content (AvgIpc) is 2.74. The van der Waals surface area contributed by atoms with Crippen LogP contribution in [0.25, 0.3) is 0 Å². The first kappa shape index (κ1) is 21.8. The van der Waals surface area contributed by atoms with Gasteiger partial charge < -0.3 is 10.2 Å². The molecule has 0 saturated heterocycles. The topological polar surface area (TPSA) is 49.4 Å². The Hall–Kier alpha value is -2.88. The van der Waals surface area contributed by atoms with Crippen molar-refractivity contribution in [3.63, 3.8) is 0 Å². The van der Waals surface area contributed by atoms with Crippen LogP contribution in [0.1, 0.15) is 49.3 Å². The van der Waals surface area contributed by atoms with Crippen LogP contribution in [-0.2, 0) is 16.0 Å². The minimum absolute atomic E-state index is 0.0413. The van der Waals surface area contributed by atoms with E-state index in [4.69, 9.17) is 0 Å². The molecule has 0 fully saturated rings. The zero-order valence-corrected chi connectivity index (χ0v) is 18.3. The van der Waals surface area contributed by atoms with Crippen LogP contribution in [0.2, 0.25) is 0 Å². The van der Waals surface area contributed by atoms with Gasteiger partial charge in [-0.3, -0.25) is 9.59 Å². The van der Waals surface area contributed by atoms with Crippen LogP contribution in [0.5, 0.6) is 0 Å². The van der Waals surface area contributed by atoms with Crippen LogP contribution in [-0.4, -0.2) is 31.3 Å². The van der Waals surface area contributed by atoms with Gasteiger partial charge in [0.25, 0.3) is 0 Å². The predicted molar refractivity (Wildman–Crippen MR) is 123 cm³/mol. The van der Waals surface area contributed by atoms with Crippen molar-refractivity contribution in [1.29, 1.82) is 0 Å². The van der Waals surface area contributed by atoms with Crippen molar-refractivity contribution in [1.82, 2.24) is 5.32 Å². The lowest BCUT2D eigenvalue weighted by atomic mass is 9.94. The van der Waals surface area contributed by atoms with Crippen molar-refractivity contribution in [2.45, 2.75) is 46.0 Å². The van der Waals surface area contributed by atoms with Gasteiger partial charge in [-0.15, -0.1) is 0 Å². The number of amides is 1. The van der Waals surface area contributed by atoms with Crippen molar-refractivity contribution in [3.05, 3.63) is 76.9 Å². The highest BCUT2D eigenvalue weighted by Gasteiger charge is 2.16. The number of rotatable bonds is 8. The fourth-order valence-electron chi connectivity index (χ4n) is 3.86. The summed E-state index contributed by atoms with van der Waals surface area (Å²) in [6.45, 7) is 8.16. The van der Waals surface area contributed by atoms with Gasteiger partial charge in [0.15, 0.2) is 5.78 Å². The monoisotopic (exact) mass is 404 g/mol. The van der Waals surface area contributed by atoms with Crippen molar-refractivity contribution >= 4 is 17.4 Å². The molecule has 2 aromatic carbocycles. The summed E-state index contributed by atoms with van der Waals surface area (Å²) in [4.78, 5) is 27.0. The highest BCUT2D eigenvalue weighted by Crippen LogP contribution is 2.22. The number of nitrogens with zero attached hydrogens (tertiary/aromatic N) is 1. The maximum Gasteiger partial charge on any atom is 0.224 e. The van der Waals surface area contributed by atoms with Crippen LogP contribution in [0, 0.1) is 6.92 Å². The van der Waals surface area contributed by atoms with Gasteiger partial charge in [0.2, 0.25) is 5.91 Å². The number of anilines is 1. The van der Waals surface area contributed by atoms with Gasteiger partial charge in [-0.2, -0.15) is 0 Å². The van der Waals surface area contributed by atoms with E-state index in [1.54, 1.807) is 0 Å². The Kier molecular flexibility index (Phi) is 7.45. The molecule has 1 aliphatic rings. The zero-order valence-electron chi connectivity index (χ0n) is 18.3. The fourth-order valence-corrected chi connectivity index (χ4v) is 3.86. The van der Waals surface area contributed by atoms with Crippen LogP contribution in [0.4, 0.5) is 5.69 Å². The van der Waals surface area contributed by atoms with Crippen LogP contribution >= 0.6 is 0 Å². The number of hydrogen-bond donors (Lipinski definition) is 1. The molecule has 0 spiro atoms. The molecule has 30 heavy (non-hydrogen) atoms. The molecule has 3 rings (SSSR count). The molecule has 158 valence electrons. The number of aryl methyl sites for hydroxylation is 1. The summed E-state index contributed by atoms with van der Waals surface area (Å²) in [5.74, 6) is 0.344. The molecule has 0 bridgehead atoms. The number of carbonyl (C=O) groups excluding carboxylic acids is 2. The lowest BCUT2D eigenvalue weighted by Gasteiger charge is -2.28. The lowest BCUT2D eigenvalue weighted by Crippen LogP contribution is -2.32. The number of nitrogens with one attached hydrogen (secondary N) is 1. The van der Waals surface area contributed by atoms with E-state index in [0.717, 1.165) is 30.6 Å². The third-order valence-electron chi connectivity index (χ3n) is 5.64. The van der Waals surface area contributed by atoms with Gasteiger partial charge in [0.1, 0.15) is 0 Å². The van der Waals surface area contributed by atoms with Gasteiger partial charge in [-0.25, -0.2) is 0 Å². The smallest absolute Gasteiger partial charge is 0.224 e. The van der Waals surface area contributed by atoms with Crippen molar-refractivity contribution in [2.24, 2.45) is 0 Å². The van der Waals surface area contributed by atoms with E-state index in [0.29, 0.717) is 18.8 Å². The normalized spacial score (nSPS) is 13.9. The van der Waals surface area contributed by atoms with Crippen LogP contribution in [0.15, 0.2) is 60.2 Å². The number of benzene rings is 2. The predicted octanol–water partition coefficient (Wildman–Crippen LogP) is 4.57. The lowest BCUT2D eigenvalue weighted by molar-refractivity contribution is -0.124. The van der Waals surface area contributed by atoms with Crippen LogP contribution < -0.4 is 10.2 Å². The summed E-state index contributed by atoms with van der Waals surface area (Å²) in [6, 6.07) is 16.6. The summed E-state index contributed by atoms with van der Waals surface area (Å²) in [6.07, 6.45) is 3.75. The second-order valence-electron chi connectivity index (χ2n) is 8.42. The minimum Gasteiger partial charge on any atom is -0.367 e. The Morgan fingerprint density at radius 3 is 2.43 bits per heavy atom. The quantitative estimate of drug-likeness (QED) is 0.656. The summed E-state index contributed by atoms with van der Waals surface area (Å²) >= 11 is 0. The second kappa shape index (κ2) is 10.2. The number of hydrogen-bond acceptors (Lipinski definition) is 3. The molecule has 0 atom stereocenters. The third-order valence-corrected chi connectivity index (χ3v) is 5.64. The molecule has 0 aliphatic carbocycles. The maximum absolute atomic E-state index is 12.4. The first-order valence-corrected chi connectivity index (χ1v) is 10.8. The molecule has 0 radical (unpaired) electrons. The Morgan fingerprint density at radius 1 is 1.03 bits per heavy atom. The maximum atomic E-state index is 12.4. The fraction of sp³-hybridized carbons (Fsp3) is 0.385. The Balaban J connectivity index is 1.45. The SMILES string of the molecule is Cc1ccc(N2CC=C(CC(=O)NCC(=O)Cc3ccccc3C(C)C)CC2)cc1. The minimum atomic E-state index is -0.0736. The summed E-state index contributed by atoms with van der Waals surface area (Å²) < 4.78 is 0. The molecular weight excluding hydrogens is 372 g/mol. The van der Waals surface area contributed by atoms with Gasteiger partial charge in [-0.05, 0) is 42.5 Å². The van der Waals surface area contributed by atoms with E-state index >= 15 is 0 Å².